The summed E-state index contributed by atoms with van der Waals surface area (Å²) in [5, 5.41) is 0. The highest BCUT2D eigenvalue weighted by molar-refractivity contribution is 5.62. The summed E-state index contributed by atoms with van der Waals surface area (Å²) in [5.41, 5.74) is 0. The van der Waals surface area contributed by atoms with Gasteiger partial charge in [0.1, 0.15) is 11.5 Å². The van der Waals surface area contributed by atoms with Crippen LogP contribution in [0.4, 0.5) is 4.79 Å². The minimum Gasteiger partial charge on any atom is -0.400 e. The number of allylic oxidation sites excluding steroid dienone is 4. The maximum absolute atomic E-state index is 10.9. The molecule has 0 rings (SSSR count). The van der Waals surface area contributed by atoms with Crippen LogP contribution in [0.5, 0.6) is 0 Å². The molecule has 0 amide bonds. The highest BCUT2D eigenvalue weighted by Crippen LogP contribution is 2.02. The lowest BCUT2D eigenvalue weighted by atomic mass is 10.5. The van der Waals surface area contributed by atoms with Crippen molar-refractivity contribution < 1.29 is 14.3 Å². The molecule has 0 spiro atoms. The molecule has 0 unspecified atom stereocenters. The molecule has 3 nitrogen and oxygen atoms in total. The molecule has 0 N–H and O–H groups in total. The molecule has 0 aliphatic heterocycles. The van der Waals surface area contributed by atoms with Gasteiger partial charge < -0.3 is 9.47 Å². The number of carbonyl (C=O) groups is 1. The van der Waals surface area contributed by atoms with Gasteiger partial charge >= 0.3 is 6.16 Å². The average Bonchev–Trinajstić information content (AvgIpc) is 2.03. The maximum Gasteiger partial charge on any atom is 0.518 e. The van der Waals surface area contributed by atoms with E-state index in [2.05, 4.69) is 0 Å². The Morgan fingerprint density at radius 2 is 1.33 bits per heavy atom. The van der Waals surface area contributed by atoms with Crippen molar-refractivity contribution in [2.45, 2.75) is 27.7 Å². The second-order valence-electron chi connectivity index (χ2n) is 2.25. The molecule has 0 radical (unpaired) electrons. The Balaban J connectivity index is 3.91. The van der Waals surface area contributed by atoms with Gasteiger partial charge in [0.05, 0.1) is 0 Å². The molecule has 0 atom stereocenters. The third-order valence-electron chi connectivity index (χ3n) is 1.30. The van der Waals surface area contributed by atoms with Crippen LogP contribution in [0.2, 0.25) is 0 Å². The molecule has 0 fully saturated rings. The van der Waals surface area contributed by atoms with Gasteiger partial charge in [-0.3, -0.25) is 0 Å². The van der Waals surface area contributed by atoms with Crippen molar-refractivity contribution >= 4 is 6.16 Å². The number of hydrogen-bond donors (Lipinski definition) is 0. The van der Waals surface area contributed by atoms with Crippen LogP contribution in [0, 0.1) is 0 Å². The minimum absolute atomic E-state index is 0.531. The van der Waals surface area contributed by atoms with Crippen molar-refractivity contribution in [3.05, 3.63) is 23.7 Å². The lowest BCUT2D eigenvalue weighted by molar-refractivity contribution is 0.102. The normalized spacial score (nSPS) is 12.7. The molecule has 3 heteroatoms. The van der Waals surface area contributed by atoms with E-state index in [1.165, 1.54) is 0 Å². The standard InChI is InChI=1S/C9H14O3/c1-5-7(3)11-9(10)12-8(4)6-2/h5-6H,1-4H3. The first-order chi connectivity index (χ1) is 5.60. The summed E-state index contributed by atoms with van der Waals surface area (Å²) in [7, 11) is 0. The second-order valence-corrected chi connectivity index (χ2v) is 2.25. The fourth-order valence-electron chi connectivity index (χ4n) is 0.402. The van der Waals surface area contributed by atoms with Gasteiger partial charge in [0.2, 0.25) is 0 Å². The van der Waals surface area contributed by atoms with Gasteiger partial charge in [-0.05, 0) is 39.8 Å². The van der Waals surface area contributed by atoms with Gasteiger partial charge in [-0.2, -0.15) is 0 Å². The number of carbonyl (C=O) groups excluding carboxylic acids is 1. The van der Waals surface area contributed by atoms with E-state index >= 15 is 0 Å². The van der Waals surface area contributed by atoms with Gasteiger partial charge in [-0.1, -0.05) is 0 Å². The van der Waals surface area contributed by atoms with E-state index in [4.69, 9.17) is 9.47 Å². The predicted octanol–water partition coefficient (Wildman–Crippen LogP) is 2.99. The minimum atomic E-state index is -0.693. The third-order valence-corrected chi connectivity index (χ3v) is 1.30. The molecule has 68 valence electrons. The van der Waals surface area contributed by atoms with Crippen molar-refractivity contribution in [2.24, 2.45) is 0 Å². The third kappa shape index (κ3) is 4.55. The van der Waals surface area contributed by atoms with E-state index in [9.17, 15) is 4.79 Å². The Hall–Kier alpha value is -1.25. The highest BCUT2D eigenvalue weighted by Gasteiger charge is 2.04. The zero-order valence-electron chi connectivity index (χ0n) is 7.88. The number of hydrogen-bond acceptors (Lipinski definition) is 3. The molecule has 0 aliphatic carbocycles. The van der Waals surface area contributed by atoms with Crippen LogP contribution >= 0.6 is 0 Å². The van der Waals surface area contributed by atoms with Crippen molar-refractivity contribution in [3.63, 3.8) is 0 Å². The summed E-state index contributed by atoms with van der Waals surface area (Å²) < 4.78 is 9.46. The molecule has 0 saturated carbocycles. The number of ether oxygens (including phenoxy) is 2. The van der Waals surface area contributed by atoms with Crippen LogP contribution in [0.1, 0.15) is 27.7 Å². The smallest absolute Gasteiger partial charge is 0.400 e. The SMILES string of the molecule is CC=C(C)OC(=O)OC(C)=CC. The molecule has 0 aromatic heterocycles. The largest absolute Gasteiger partial charge is 0.518 e. The molecular weight excluding hydrogens is 156 g/mol. The lowest BCUT2D eigenvalue weighted by Crippen LogP contribution is -2.04. The van der Waals surface area contributed by atoms with E-state index in [1.807, 2.05) is 0 Å². The quantitative estimate of drug-likeness (QED) is 0.472. The maximum atomic E-state index is 10.9. The fraction of sp³-hybridized carbons (Fsp3) is 0.444. The number of rotatable bonds is 2. The highest BCUT2D eigenvalue weighted by atomic mass is 16.7. The van der Waals surface area contributed by atoms with E-state index in [0.29, 0.717) is 11.5 Å². The molecule has 0 heterocycles. The van der Waals surface area contributed by atoms with E-state index in [1.54, 1.807) is 39.8 Å². The first-order valence-electron chi connectivity index (χ1n) is 3.75. The van der Waals surface area contributed by atoms with Gasteiger partial charge in [-0.25, -0.2) is 4.79 Å². The van der Waals surface area contributed by atoms with Gasteiger partial charge in [0, 0.05) is 0 Å². The summed E-state index contributed by atoms with van der Waals surface area (Å²) in [6.07, 6.45) is 2.68. The Morgan fingerprint density at radius 3 is 1.58 bits per heavy atom. The van der Waals surface area contributed by atoms with E-state index < -0.39 is 6.16 Å². The van der Waals surface area contributed by atoms with Crippen LogP contribution in [0.25, 0.3) is 0 Å². The first kappa shape index (κ1) is 10.8. The van der Waals surface area contributed by atoms with Gasteiger partial charge in [-0.15, -0.1) is 0 Å². The van der Waals surface area contributed by atoms with Crippen molar-refractivity contribution in [1.82, 2.24) is 0 Å². The zero-order chi connectivity index (χ0) is 9.56. The fourth-order valence-corrected chi connectivity index (χ4v) is 0.402. The van der Waals surface area contributed by atoms with Crippen LogP contribution < -0.4 is 0 Å². The molecule has 0 saturated heterocycles. The Labute approximate surface area is 72.7 Å². The van der Waals surface area contributed by atoms with E-state index in [0.717, 1.165) is 0 Å². The molecule has 0 aromatic carbocycles. The first-order valence-corrected chi connectivity index (χ1v) is 3.75. The Kier molecular flexibility index (Phi) is 4.84. The van der Waals surface area contributed by atoms with Crippen LogP contribution in [0.15, 0.2) is 23.7 Å². The lowest BCUT2D eigenvalue weighted by Gasteiger charge is -2.04. The predicted molar refractivity (Wildman–Crippen MR) is 46.4 cm³/mol. The van der Waals surface area contributed by atoms with Crippen LogP contribution in [-0.4, -0.2) is 6.16 Å². The Bertz CT molecular complexity index is 192. The topological polar surface area (TPSA) is 35.5 Å². The summed E-state index contributed by atoms with van der Waals surface area (Å²) in [6, 6.07) is 0. The van der Waals surface area contributed by atoms with Gasteiger partial charge in [0.15, 0.2) is 0 Å². The molecule has 0 bridgehead atoms. The summed E-state index contributed by atoms with van der Waals surface area (Å²) in [4.78, 5) is 10.9. The summed E-state index contributed by atoms with van der Waals surface area (Å²) >= 11 is 0. The summed E-state index contributed by atoms with van der Waals surface area (Å²) in [6.45, 7) is 6.94. The monoisotopic (exact) mass is 170 g/mol. The van der Waals surface area contributed by atoms with Crippen molar-refractivity contribution in [1.29, 1.82) is 0 Å². The second kappa shape index (κ2) is 5.41. The van der Waals surface area contributed by atoms with Gasteiger partial charge in [0.25, 0.3) is 0 Å². The van der Waals surface area contributed by atoms with Crippen LogP contribution in [-0.2, 0) is 9.47 Å². The molecule has 0 aromatic rings. The van der Waals surface area contributed by atoms with Crippen molar-refractivity contribution in [2.75, 3.05) is 0 Å². The van der Waals surface area contributed by atoms with Crippen LogP contribution in [0.3, 0.4) is 0 Å². The summed E-state index contributed by atoms with van der Waals surface area (Å²) in [5.74, 6) is 1.06. The van der Waals surface area contributed by atoms with Crippen molar-refractivity contribution in [3.8, 4) is 0 Å². The average molecular weight is 170 g/mol. The molecule has 12 heavy (non-hydrogen) atoms. The molecule has 0 aliphatic rings. The Morgan fingerprint density at radius 1 is 1.00 bits per heavy atom. The molecular formula is C9H14O3. The van der Waals surface area contributed by atoms with E-state index in [-0.39, 0.29) is 0 Å². The zero-order valence-corrected chi connectivity index (χ0v) is 7.88.